The van der Waals surface area contributed by atoms with E-state index in [1.54, 1.807) is 17.5 Å². The van der Waals surface area contributed by atoms with E-state index in [2.05, 4.69) is 94.8 Å². The van der Waals surface area contributed by atoms with E-state index in [-0.39, 0.29) is 20.1 Å². The minimum atomic E-state index is -1.72. The Morgan fingerprint density at radius 2 is 1.64 bits per heavy atom. The summed E-state index contributed by atoms with van der Waals surface area (Å²) in [5.41, 5.74) is 6.22. The van der Waals surface area contributed by atoms with Gasteiger partial charge in [0, 0.05) is 32.4 Å². The van der Waals surface area contributed by atoms with Crippen LogP contribution in [0.15, 0.2) is 103 Å². The van der Waals surface area contributed by atoms with Crippen molar-refractivity contribution in [2.45, 2.75) is 43.9 Å². The molecule has 0 spiro atoms. The van der Waals surface area contributed by atoms with Crippen molar-refractivity contribution < 1.29 is 21.5 Å². The molecule has 0 unspecified atom stereocenters. The smallest absolute Gasteiger partial charge is 0 e. The second-order valence-electron chi connectivity index (χ2n) is 12.3. The summed E-state index contributed by atoms with van der Waals surface area (Å²) in [7, 11) is 0. The van der Waals surface area contributed by atoms with Gasteiger partial charge in [0.15, 0.2) is 0 Å². The van der Waals surface area contributed by atoms with Crippen LogP contribution in [0.1, 0.15) is 32.2 Å². The van der Waals surface area contributed by atoms with E-state index >= 15 is 0 Å². The van der Waals surface area contributed by atoms with Gasteiger partial charge in [-0.05, 0) is 57.6 Å². The summed E-state index contributed by atoms with van der Waals surface area (Å²) in [4.78, 5) is 9.13. The van der Waals surface area contributed by atoms with Gasteiger partial charge in [-0.1, -0.05) is 54.6 Å². The van der Waals surface area contributed by atoms with Crippen molar-refractivity contribution in [2.24, 2.45) is 0 Å². The van der Waals surface area contributed by atoms with Crippen LogP contribution in [-0.2, 0) is 20.1 Å². The fourth-order valence-corrected chi connectivity index (χ4v) is 8.63. The predicted octanol–water partition coefficient (Wildman–Crippen LogP) is 10.6. The second-order valence-corrected chi connectivity index (χ2v) is 24.0. The van der Waals surface area contributed by atoms with Crippen LogP contribution >= 0.6 is 11.3 Å². The summed E-state index contributed by atoms with van der Waals surface area (Å²) in [6.07, 6.45) is 3.84. The van der Waals surface area contributed by atoms with Crippen LogP contribution in [0.2, 0.25) is 17.3 Å². The predicted molar refractivity (Wildman–Crippen MR) is 189 cm³/mol. The summed E-state index contributed by atoms with van der Waals surface area (Å²) in [6, 6.07) is 38.2. The summed E-state index contributed by atoms with van der Waals surface area (Å²) >= 11 is 0.0832. The zero-order valence-electron chi connectivity index (χ0n) is 27.0. The molecule has 0 atom stereocenters. The first kappa shape index (κ1) is 30.9. The van der Waals surface area contributed by atoms with Crippen molar-refractivity contribution in [3.05, 3.63) is 127 Å². The van der Waals surface area contributed by atoms with Crippen molar-refractivity contribution in [1.29, 1.82) is 0 Å². The van der Waals surface area contributed by atoms with Gasteiger partial charge >= 0.3 is 99.8 Å². The topological polar surface area (TPSA) is 25.8 Å². The van der Waals surface area contributed by atoms with Gasteiger partial charge in [0.05, 0.1) is 0 Å². The Morgan fingerprint density at radius 3 is 2.34 bits per heavy atom. The third kappa shape index (κ3) is 6.90. The van der Waals surface area contributed by atoms with Gasteiger partial charge < -0.3 is 4.98 Å². The minimum Gasteiger partial charge on any atom is 0 e. The van der Waals surface area contributed by atoms with Crippen LogP contribution in [0, 0.1) is 19.1 Å². The zero-order valence-corrected chi connectivity index (χ0v) is 31.3. The number of rotatable bonds is 4. The largest absolute Gasteiger partial charge is 0 e. The maximum atomic E-state index is 8.35. The molecule has 1 radical (unpaired) electrons. The molecule has 0 fully saturated rings. The molecule has 2 nitrogen and oxygen atoms in total. The average Bonchev–Trinajstić information content (AvgIpc) is 3.37. The van der Waals surface area contributed by atoms with E-state index in [4.69, 9.17) is 1.37 Å². The van der Waals surface area contributed by atoms with Gasteiger partial charge in [0.1, 0.15) is 0 Å². The molecule has 223 valence electrons. The minimum absolute atomic E-state index is 0. The first-order chi connectivity index (χ1) is 21.0. The molecule has 3 aromatic heterocycles. The van der Waals surface area contributed by atoms with Crippen molar-refractivity contribution in [3.63, 3.8) is 0 Å². The molecular formula is C39H36GeIrN2S-2. The van der Waals surface area contributed by atoms with Crippen LogP contribution in [0.3, 0.4) is 0 Å². The Balaban J connectivity index is 0.000000202. The number of aryl methyl sites for hydroxylation is 1. The van der Waals surface area contributed by atoms with Crippen LogP contribution in [0.5, 0.6) is 0 Å². The quantitative estimate of drug-likeness (QED) is 0.130. The molecule has 0 amide bonds. The second kappa shape index (κ2) is 13.5. The normalized spacial score (nSPS) is 12.0. The van der Waals surface area contributed by atoms with Gasteiger partial charge in [-0.3, -0.25) is 0 Å². The van der Waals surface area contributed by atoms with E-state index in [9.17, 15) is 0 Å². The number of aromatic nitrogens is 2. The third-order valence-corrected chi connectivity index (χ3v) is 13.2. The van der Waals surface area contributed by atoms with Gasteiger partial charge in [-0.25, -0.2) is 0 Å². The van der Waals surface area contributed by atoms with E-state index in [0.717, 1.165) is 28.1 Å². The van der Waals surface area contributed by atoms with Crippen LogP contribution in [-0.4, -0.2) is 23.2 Å². The molecule has 0 aliphatic heterocycles. The SMILES string of the molecule is [2H]C(C)(C)c1ccnc(-c2[c-]ccc3c2sc2cc4cc(C)ccc4cc23)c1.[CH3][Ge]([CH3])([CH3])[c]1ccc(-c2[c-]cccc2)nc1.[Ir]. The summed E-state index contributed by atoms with van der Waals surface area (Å²) in [6.45, 7) is 5.95. The number of fused-ring (bicyclic) bond motifs is 4. The Morgan fingerprint density at radius 1 is 0.795 bits per heavy atom. The standard InChI is InChI=1S/C25H20NS.C14H16GeN.Ir/c1-15(2)17-9-10-26-23(13-17)21-6-4-5-20-22-12-18-8-7-16(3)11-19(18)14-24(22)27-25(20)21;1-15(2,3)13-9-10-14(16-11-13)12-7-5-4-6-8-12;/h4-5,7-15H,1-3H3;4-7,9-11H,1-3H3;/q2*-1;/i15D;;. The Labute approximate surface area is 282 Å². The fourth-order valence-electron chi connectivity index (χ4n) is 5.22. The fraction of sp³-hybridized carbons (Fsp3) is 0.179. The molecule has 0 saturated heterocycles. The van der Waals surface area contributed by atoms with E-state index in [1.807, 2.05) is 62.5 Å². The first-order valence-electron chi connectivity index (χ1n) is 15.2. The van der Waals surface area contributed by atoms with Gasteiger partial charge in [0.25, 0.3) is 0 Å². The molecule has 3 heterocycles. The molecule has 4 aromatic carbocycles. The zero-order chi connectivity index (χ0) is 31.1. The number of hydrogen-bond donors (Lipinski definition) is 0. The molecule has 0 N–H and O–H groups in total. The molecule has 5 heteroatoms. The Kier molecular flexibility index (Phi) is 9.44. The summed E-state index contributed by atoms with van der Waals surface area (Å²) in [5.74, 6) is 6.49. The molecular weight excluding hydrogens is 793 g/mol. The van der Waals surface area contributed by atoms with E-state index < -0.39 is 19.2 Å². The van der Waals surface area contributed by atoms with Crippen LogP contribution in [0.4, 0.5) is 0 Å². The van der Waals surface area contributed by atoms with Crippen molar-refractivity contribution in [2.75, 3.05) is 0 Å². The molecule has 0 saturated carbocycles. The van der Waals surface area contributed by atoms with E-state index in [0.29, 0.717) is 0 Å². The molecule has 0 aliphatic carbocycles. The summed E-state index contributed by atoms with van der Waals surface area (Å²) in [5, 5.41) is 5.07. The van der Waals surface area contributed by atoms with Crippen LogP contribution in [0.25, 0.3) is 53.5 Å². The molecule has 7 aromatic rings. The van der Waals surface area contributed by atoms with Gasteiger partial charge in [-0.2, -0.15) is 11.3 Å². The van der Waals surface area contributed by atoms with Gasteiger partial charge in [-0.15, -0.1) is 23.8 Å². The van der Waals surface area contributed by atoms with Crippen molar-refractivity contribution >= 4 is 59.9 Å². The number of nitrogens with zero attached hydrogens (tertiary/aromatic N) is 2. The summed E-state index contributed by atoms with van der Waals surface area (Å²) < 4.78 is 12.3. The number of pyridine rings is 2. The monoisotopic (exact) mass is 832 g/mol. The van der Waals surface area contributed by atoms with Gasteiger partial charge in [0.2, 0.25) is 0 Å². The molecule has 0 bridgehead atoms. The van der Waals surface area contributed by atoms with E-state index in [1.165, 1.54) is 40.9 Å². The maximum absolute atomic E-state index is 8.35. The Hall–Kier alpha value is -3.15. The first-order valence-corrected chi connectivity index (χ1v) is 22.8. The third-order valence-electron chi connectivity index (χ3n) is 7.75. The number of thiophene rings is 1. The van der Waals surface area contributed by atoms with Crippen molar-refractivity contribution in [3.8, 4) is 22.5 Å². The maximum Gasteiger partial charge on any atom is 0 e. The molecule has 0 aliphatic rings. The molecule has 7 rings (SSSR count). The average molecular weight is 831 g/mol. The number of benzene rings is 4. The number of hydrogen-bond acceptors (Lipinski definition) is 3. The Bertz CT molecular complexity index is 2090. The van der Waals surface area contributed by atoms with Crippen LogP contribution < -0.4 is 4.40 Å². The van der Waals surface area contributed by atoms with Crippen molar-refractivity contribution in [1.82, 2.24) is 9.97 Å². The molecule has 44 heavy (non-hydrogen) atoms.